The van der Waals surface area contributed by atoms with E-state index in [9.17, 15) is 9.18 Å². The summed E-state index contributed by atoms with van der Waals surface area (Å²) in [6.07, 6.45) is 0. The standard InChI is InChI=1S/C14H13BrFNO3/c1-19-14(18)13-5-3-11(20-13)8-17-7-9-6-10(15)2-4-12(9)16/h2-6,17H,7-8H2,1H3. The van der Waals surface area contributed by atoms with Gasteiger partial charge in [0.2, 0.25) is 5.76 Å². The predicted octanol–water partition coefficient (Wildman–Crippen LogP) is 3.26. The van der Waals surface area contributed by atoms with Crippen molar-refractivity contribution < 1.29 is 18.3 Å². The summed E-state index contributed by atoms with van der Waals surface area (Å²) in [7, 11) is 1.29. The van der Waals surface area contributed by atoms with Crippen molar-refractivity contribution >= 4 is 21.9 Å². The van der Waals surface area contributed by atoms with Gasteiger partial charge >= 0.3 is 5.97 Å². The quantitative estimate of drug-likeness (QED) is 0.848. The minimum absolute atomic E-state index is 0.151. The lowest BCUT2D eigenvalue weighted by molar-refractivity contribution is 0.0563. The summed E-state index contributed by atoms with van der Waals surface area (Å²) in [6, 6.07) is 7.99. The van der Waals surface area contributed by atoms with Crippen molar-refractivity contribution in [2.75, 3.05) is 7.11 Å². The molecule has 0 unspecified atom stereocenters. The Morgan fingerprint density at radius 1 is 1.35 bits per heavy atom. The normalized spacial score (nSPS) is 10.6. The molecular weight excluding hydrogens is 329 g/mol. The molecule has 2 aromatic rings. The second kappa shape index (κ2) is 6.67. The van der Waals surface area contributed by atoms with Gasteiger partial charge in [0.05, 0.1) is 13.7 Å². The molecule has 0 aliphatic carbocycles. The van der Waals surface area contributed by atoms with Crippen LogP contribution in [-0.2, 0) is 17.8 Å². The van der Waals surface area contributed by atoms with Crippen molar-refractivity contribution in [3.8, 4) is 0 Å². The van der Waals surface area contributed by atoms with Crippen molar-refractivity contribution in [3.63, 3.8) is 0 Å². The number of methoxy groups -OCH3 is 1. The summed E-state index contributed by atoms with van der Waals surface area (Å²) in [5.74, 6) is -0.0524. The topological polar surface area (TPSA) is 51.5 Å². The number of halogens is 2. The first-order chi connectivity index (χ1) is 9.60. The number of carbonyl (C=O) groups is 1. The lowest BCUT2D eigenvalue weighted by Gasteiger charge is -2.05. The van der Waals surface area contributed by atoms with Crippen LogP contribution in [0.2, 0.25) is 0 Å². The Morgan fingerprint density at radius 2 is 2.15 bits per heavy atom. The first kappa shape index (κ1) is 14.7. The Labute approximate surface area is 124 Å². The van der Waals surface area contributed by atoms with Crippen LogP contribution < -0.4 is 5.32 Å². The summed E-state index contributed by atoms with van der Waals surface area (Å²) in [6.45, 7) is 0.752. The molecule has 6 heteroatoms. The van der Waals surface area contributed by atoms with Gasteiger partial charge in [0.1, 0.15) is 11.6 Å². The van der Waals surface area contributed by atoms with E-state index in [2.05, 4.69) is 26.0 Å². The monoisotopic (exact) mass is 341 g/mol. The van der Waals surface area contributed by atoms with Crippen LogP contribution in [0.1, 0.15) is 21.9 Å². The van der Waals surface area contributed by atoms with Crippen LogP contribution >= 0.6 is 15.9 Å². The molecule has 4 nitrogen and oxygen atoms in total. The van der Waals surface area contributed by atoms with Gasteiger partial charge in [-0.1, -0.05) is 15.9 Å². The first-order valence-electron chi connectivity index (χ1n) is 5.92. The third-order valence-corrected chi connectivity index (χ3v) is 3.16. The van der Waals surface area contributed by atoms with Gasteiger partial charge in [-0.25, -0.2) is 9.18 Å². The van der Waals surface area contributed by atoms with Crippen LogP contribution in [0.3, 0.4) is 0 Å². The van der Waals surface area contributed by atoms with Crippen molar-refractivity contribution in [1.82, 2.24) is 5.32 Å². The highest BCUT2D eigenvalue weighted by atomic mass is 79.9. The number of carbonyl (C=O) groups excluding carboxylic acids is 1. The van der Waals surface area contributed by atoms with Crippen LogP contribution in [-0.4, -0.2) is 13.1 Å². The van der Waals surface area contributed by atoms with Gasteiger partial charge in [0.25, 0.3) is 0 Å². The average molecular weight is 342 g/mol. The summed E-state index contributed by atoms with van der Waals surface area (Å²) < 4.78 is 24.2. The molecule has 0 saturated heterocycles. The number of furan rings is 1. The lowest BCUT2D eigenvalue weighted by Crippen LogP contribution is -2.13. The third-order valence-electron chi connectivity index (χ3n) is 2.67. The average Bonchev–Trinajstić information content (AvgIpc) is 2.90. The van der Waals surface area contributed by atoms with Gasteiger partial charge in [-0.05, 0) is 30.3 Å². The predicted molar refractivity (Wildman–Crippen MR) is 74.7 cm³/mol. The minimum Gasteiger partial charge on any atom is -0.463 e. The molecule has 0 fully saturated rings. The first-order valence-corrected chi connectivity index (χ1v) is 6.71. The smallest absolute Gasteiger partial charge is 0.373 e. The van der Waals surface area contributed by atoms with Gasteiger partial charge in [-0.15, -0.1) is 0 Å². The van der Waals surface area contributed by atoms with E-state index in [-0.39, 0.29) is 11.6 Å². The number of rotatable bonds is 5. The Morgan fingerprint density at radius 3 is 2.90 bits per heavy atom. The summed E-state index contributed by atoms with van der Waals surface area (Å²) in [4.78, 5) is 11.2. The molecule has 1 aromatic heterocycles. The van der Waals surface area contributed by atoms with E-state index in [1.54, 1.807) is 24.3 Å². The zero-order valence-corrected chi connectivity index (χ0v) is 12.4. The molecule has 106 valence electrons. The second-order valence-corrected chi connectivity index (χ2v) is 5.01. The highest BCUT2D eigenvalue weighted by molar-refractivity contribution is 9.10. The van der Waals surface area contributed by atoms with E-state index in [1.165, 1.54) is 13.2 Å². The molecule has 0 aliphatic rings. The molecule has 0 amide bonds. The highest BCUT2D eigenvalue weighted by Gasteiger charge is 2.10. The number of esters is 1. The van der Waals surface area contributed by atoms with E-state index < -0.39 is 5.97 Å². The van der Waals surface area contributed by atoms with E-state index >= 15 is 0 Å². The second-order valence-electron chi connectivity index (χ2n) is 4.10. The fourth-order valence-electron chi connectivity index (χ4n) is 1.68. The molecule has 2 rings (SSSR count). The highest BCUT2D eigenvalue weighted by Crippen LogP contribution is 2.15. The molecule has 0 bridgehead atoms. The molecule has 0 atom stereocenters. The summed E-state index contributed by atoms with van der Waals surface area (Å²) in [5.41, 5.74) is 0.555. The van der Waals surface area contributed by atoms with Gasteiger partial charge in [-0.3, -0.25) is 0 Å². The fraction of sp³-hybridized carbons (Fsp3) is 0.214. The maximum absolute atomic E-state index is 13.5. The number of hydrogen-bond acceptors (Lipinski definition) is 4. The molecule has 1 aromatic carbocycles. The number of nitrogens with one attached hydrogen (secondary N) is 1. The van der Waals surface area contributed by atoms with Crippen LogP contribution in [0.5, 0.6) is 0 Å². The van der Waals surface area contributed by atoms with Crippen molar-refractivity contribution in [2.45, 2.75) is 13.1 Å². The van der Waals surface area contributed by atoms with Crippen molar-refractivity contribution in [2.24, 2.45) is 0 Å². The van der Waals surface area contributed by atoms with E-state index in [1.807, 2.05) is 0 Å². The molecule has 0 saturated carbocycles. The molecule has 0 radical (unpaired) electrons. The maximum atomic E-state index is 13.5. The minimum atomic E-state index is -0.519. The van der Waals surface area contributed by atoms with Gasteiger partial charge < -0.3 is 14.5 Å². The van der Waals surface area contributed by atoms with Gasteiger partial charge in [0.15, 0.2) is 0 Å². The van der Waals surface area contributed by atoms with Gasteiger partial charge in [-0.2, -0.15) is 0 Å². The van der Waals surface area contributed by atoms with E-state index in [4.69, 9.17) is 4.42 Å². The Hall–Kier alpha value is -1.66. The molecule has 20 heavy (non-hydrogen) atoms. The Bertz CT molecular complexity index is 612. The molecule has 1 heterocycles. The van der Waals surface area contributed by atoms with Crippen LogP contribution in [0.25, 0.3) is 0 Å². The van der Waals surface area contributed by atoms with E-state index in [0.29, 0.717) is 24.4 Å². The fourth-order valence-corrected chi connectivity index (χ4v) is 2.09. The van der Waals surface area contributed by atoms with Gasteiger partial charge in [0, 0.05) is 16.6 Å². The lowest BCUT2D eigenvalue weighted by atomic mass is 10.2. The number of hydrogen-bond donors (Lipinski definition) is 1. The Kier molecular flexibility index (Phi) is 4.92. The van der Waals surface area contributed by atoms with Crippen molar-refractivity contribution in [1.29, 1.82) is 0 Å². The van der Waals surface area contributed by atoms with Crippen LogP contribution in [0.4, 0.5) is 4.39 Å². The summed E-state index contributed by atoms with van der Waals surface area (Å²) >= 11 is 3.30. The van der Waals surface area contributed by atoms with Crippen molar-refractivity contribution in [3.05, 3.63) is 57.7 Å². The molecule has 1 N–H and O–H groups in total. The third kappa shape index (κ3) is 3.68. The summed E-state index contributed by atoms with van der Waals surface area (Å²) in [5, 5.41) is 3.05. The Balaban J connectivity index is 1.91. The number of benzene rings is 1. The van der Waals surface area contributed by atoms with E-state index in [0.717, 1.165) is 4.47 Å². The zero-order valence-electron chi connectivity index (χ0n) is 10.8. The SMILES string of the molecule is COC(=O)c1ccc(CNCc2cc(Br)ccc2F)o1. The number of ether oxygens (including phenoxy) is 1. The largest absolute Gasteiger partial charge is 0.463 e. The molecular formula is C14H13BrFNO3. The molecule has 0 aliphatic heterocycles. The van der Waals surface area contributed by atoms with Crippen LogP contribution in [0.15, 0.2) is 39.2 Å². The maximum Gasteiger partial charge on any atom is 0.373 e. The van der Waals surface area contributed by atoms with Crippen LogP contribution in [0, 0.1) is 5.82 Å². The molecule has 0 spiro atoms. The zero-order chi connectivity index (χ0) is 14.5.